The third-order valence-electron chi connectivity index (χ3n) is 3.72. The predicted octanol–water partition coefficient (Wildman–Crippen LogP) is 3.94. The number of pyridine rings is 1. The zero-order valence-corrected chi connectivity index (χ0v) is 13.6. The Bertz CT molecular complexity index is 672. The summed E-state index contributed by atoms with van der Waals surface area (Å²) in [7, 11) is 0. The molecule has 0 amide bonds. The number of nitrogens with zero attached hydrogens (tertiary/aromatic N) is 3. The number of rotatable bonds is 7. The zero-order chi connectivity index (χ0) is 15.9. The van der Waals surface area contributed by atoms with Crippen LogP contribution >= 0.6 is 0 Å². The van der Waals surface area contributed by atoms with E-state index in [1.54, 1.807) is 0 Å². The van der Waals surface area contributed by atoms with Crippen molar-refractivity contribution >= 4 is 16.7 Å². The van der Waals surface area contributed by atoms with Crippen molar-refractivity contribution in [2.75, 3.05) is 24.6 Å². The van der Waals surface area contributed by atoms with E-state index in [2.05, 4.69) is 30.9 Å². The van der Waals surface area contributed by atoms with Crippen molar-refractivity contribution in [3.63, 3.8) is 0 Å². The normalized spacial score (nSPS) is 10.5. The second kappa shape index (κ2) is 7.65. The van der Waals surface area contributed by atoms with Gasteiger partial charge >= 0.3 is 0 Å². The molecule has 0 atom stereocenters. The number of anilines is 1. The Kier molecular flexibility index (Phi) is 5.60. The Morgan fingerprint density at radius 2 is 1.95 bits per heavy atom. The number of hydrogen-bond acceptors (Lipinski definition) is 4. The van der Waals surface area contributed by atoms with E-state index >= 15 is 0 Å². The van der Waals surface area contributed by atoms with Gasteiger partial charge in [0, 0.05) is 24.9 Å². The first-order valence-electron chi connectivity index (χ1n) is 7.91. The summed E-state index contributed by atoms with van der Waals surface area (Å²) in [5, 5.41) is 9.96. The highest BCUT2D eigenvalue weighted by Crippen LogP contribution is 2.27. The summed E-state index contributed by atoms with van der Waals surface area (Å²) in [6.45, 7) is 8.70. The van der Waals surface area contributed by atoms with Crippen molar-refractivity contribution in [3.05, 3.63) is 29.8 Å². The molecule has 4 heteroatoms. The van der Waals surface area contributed by atoms with E-state index in [1.807, 2.05) is 25.1 Å². The van der Waals surface area contributed by atoms with Crippen molar-refractivity contribution in [1.82, 2.24) is 4.98 Å². The lowest BCUT2D eigenvalue weighted by Crippen LogP contribution is -2.24. The van der Waals surface area contributed by atoms with Gasteiger partial charge in [-0.25, -0.2) is 4.98 Å². The molecule has 0 aliphatic carbocycles. The Morgan fingerprint density at radius 1 is 1.18 bits per heavy atom. The molecular weight excluding hydrogens is 274 g/mol. The molecule has 22 heavy (non-hydrogen) atoms. The Balaban J connectivity index is 2.52. The van der Waals surface area contributed by atoms with Crippen LogP contribution in [0, 0.1) is 11.3 Å². The van der Waals surface area contributed by atoms with Gasteiger partial charge in [0.05, 0.1) is 18.2 Å². The summed E-state index contributed by atoms with van der Waals surface area (Å²) in [4.78, 5) is 7.07. The molecule has 0 radical (unpaired) electrons. The van der Waals surface area contributed by atoms with Gasteiger partial charge in [0.25, 0.3) is 0 Å². The molecule has 116 valence electrons. The van der Waals surface area contributed by atoms with Gasteiger partial charge in [0.1, 0.15) is 11.6 Å². The number of ether oxygens (including phenoxy) is 1. The van der Waals surface area contributed by atoms with Gasteiger partial charge in [0.2, 0.25) is 0 Å². The molecule has 1 aromatic carbocycles. The molecule has 0 fully saturated rings. The monoisotopic (exact) mass is 297 g/mol. The molecule has 0 aliphatic heterocycles. The average molecular weight is 297 g/mol. The van der Waals surface area contributed by atoms with Crippen LogP contribution in [-0.2, 0) is 6.42 Å². The SMILES string of the molecule is CCOc1ccc2nc(N(CC)CC)c(CCC#N)cc2c1. The van der Waals surface area contributed by atoms with Crippen LogP contribution < -0.4 is 9.64 Å². The minimum Gasteiger partial charge on any atom is -0.494 e. The van der Waals surface area contributed by atoms with Gasteiger partial charge < -0.3 is 9.64 Å². The molecule has 2 rings (SSSR count). The second-order valence-corrected chi connectivity index (χ2v) is 5.09. The maximum atomic E-state index is 8.89. The van der Waals surface area contributed by atoms with Gasteiger partial charge in [-0.1, -0.05) is 0 Å². The summed E-state index contributed by atoms with van der Waals surface area (Å²) in [5.41, 5.74) is 2.09. The quantitative estimate of drug-likeness (QED) is 0.776. The molecule has 0 bridgehead atoms. The molecule has 0 aliphatic rings. The highest BCUT2D eigenvalue weighted by Gasteiger charge is 2.12. The summed E-state index contributed by atoms with van der Waals surface area (Å²) in [6.07, 6.45) is 1.23. The Morgan fingerprint density at radius 3 is 2.59 bits per heavy atom. The van der Waals surface area contributed by atoms with Crippen LogP contribution in [0.3, 0.4) is 0 Å². The largest absolute Gasteiger partial charge is 0.494 e. The molecule has 2 aromatic rings. The van der Waals surface area contributed by atoms with E-state index in [1.165, 1.54) is 0 Å². The van der Waals surface area contributed by atoms with Crippen LogP contribution in [0.25, 0.3) is 10.9 Å². The number of benzene rings is 1. The summed E-state index contributed by atoms with van der Waals surface area (Å²) in [5.74, 6) is 1.86. The summed E-state index contributed by atoms with van der Waals surface area (Å²) >= 11 is 0. The minimum absolute atomic E-state index is 0.507. The van der Waals surface area contributed by atoms with E-state index < -0.39 is 0 Å². The minimum atomic E-state index is 0.507. The van der Waals surface area contributed by atoms with E-state index in [0.29, 0.717) is 13.0 Å². The van der Waals surface area contributed by atoms with Crippen molar-refractivity contribution in [3.8, 4) is 11.8 Å². The first-order chi connectivity index (χ1) is 10.7. The lowest BCUT2D eigenvalue weighted by Gasteiger charge is -2.23. The van der Waals surface area contributed by atoms with Crippen molar-refractivity contribution in [2.24, 2.45) is 0 Å². The number of hydrogen-bond donors (Lipinski definition) is 0. The molecular formula is C18H23N3O. The first kappa shape index (κ1) is 16.1. The van der Waals surface area contributed by atoms with Gasteiger partial charge in [-0.15, -0.1) is 0 Å². The van der Waals surface area contributed by atoms with E-state index in [9.17, 15) is 0 Å². The molecule has 0 saturated carbocycles. The first-order valence-corrected chi connectivity index (χ1v) is 7.91. The zero-order valence-electron chi connectivity index (χ0n) is 13.6. The molecule has 0 unspecified atom stereocenters. The van der Waals surface area contributed by atoms with Crippen LogP contribution in [0.1, 0.15) is 32.8 Å². The number of aromatic nitrogens is 1. The lowest BCUT2D eigenvalue weighted by atomic mass is 10.1. The van der Waals surface area contributed by atoms with Crippen LogP contribution in [0.4, 0.5) is 5.82 Å². The van der Waals surface area contributed by atoms with Crippen LogP contribution in [0.5, 0.6) is 5.75 Å². The average Bonchev–Trinajstić information content (AvgIpc) is 2.54. The fourth-order valence-corrected chi connectivity index (χ4v) is 2.62. The molecule has 1 aromatic heterocycles. The van der Waals surface area contributed by atoms with Crippen LogP contribution in [0.15, 0.2) is 24.3 Å². The van der Waals surface area contributed by atoms with Gasteiger partial charge in [-0.05, 0) is 57.0 Å². The topological polar surface area (TPSA) is 49.1 Å². The Hall–Kier alpha value is -2.28. The van der Waals surface area contributed by atoms with E-state index in [4.69, 9.17) is 15.0 Å². The number of fused-ring (bicyclic) bond motifs is 1. The smallest absolute Gasteiger partial charge is 0.132 e. The van der Waals surface area contributed by atoms with Crippen molar-refractivity contribution < 1.29 is 4.74 Å². The van der Waals surface area contributed by atoms with Crippen molar-refractivity contribution in [1.29, 1.82) is 5.26 Å². The summed E-state index contributed by atoms with van der Waals surface area (Å²) in [6, 6.07) is 10.4. The molecule has 1 heterocycles. The lowest BCUT2D eigenvalue weighted by molar-refractivity contribution is 0.340. The third kappa shape index (κ3) is 3.48. The standard InChI is InChI=1S/C18H23N3O/c1-4-21(5-2)18-14(8-7-11-19)12-15-13-16(22-6-3)9-10-17(15)20-18/h9-10,12-13H,4-8H2,1-3H3. The molecule has 4 nitrogen and oxygen atoms in total. The van der Waals surface area contributed by atoms with Gasteiger partial charge in [-0.3, -0.25) is 0 Å². The van der Waals surface area contributed by atoms with Crippen molar-refractivity contribution in [2.45, 2.75) is 33.6 Å². The van der Waals surface area contributed by atoms with E-state index in [0.717, 1.165) is 47.5 Å². The fourth-order valence-electron chi connectivity index (χ4n) is 2.62. The predicted molar refractivity (Wildman–Crippen MR) is 90.4 cm³/mol. The fraction of sp³-hybridized carbons (Fsp3) is 0.444. The molecule has 0 N–H and O–H groups in total. The molecule has 0 spiro atoms. The molecule has 0 saturated heterocycles. The van der Waals surface area contributed by atoms with Crippen LogP contribution in [0.2, 0.25) is 0 Å². The number of nitriles is 1. The maximum absolute atomic E-state index is 8.89. The third-order valence-corrected chi connectivity index (χ3v) is 3.72. The highest BCUT2D eigenvalue weighted by molar-refractivity contribution is 5.83. The Labute approximate surface area is 132 Å². The highest BCUT2D eigenvalue weighted by atomic mass is 16.5. The summed E-state index contributed by atoms with van der Waals surface area (Å²) < 4.78 is 5.56. The second-order valence-electron chi connectivity index (χ2n) is 5.09. The van der Waals surface area contributed by atoms with Gasteiger partial charge in [-0.2, -0.15) is 5.26 Å². The maximum Gasteiger partial charge on any atom is 0.132 e. The van der Waals surface area contributed by atoms with Crippen LogP contribution in [-0.4, -0.2) is 24.7 Å². The van der Waals surface area contributed by atoms with Gasteiger partial charge in [0.15, 0.2) is 0 Å². The van der Waals surface area contributed by atoms with E-state index in [-0.39, 0.29) is 0 Å². The number of aryl methyl sites for hydroxylation is 1.